The largest absolute Gasteiger partial charge is 0.463 e. The maximum atomic E-state index is 12.5. The number of carbonyl (C=O) groups is 2. The Bertz CT molecular complexity index is 1310. The van der Waals surface area contributed by atoms with Crippen molar-refractivity contribution in [1.29, 1.82) is 0 Å². The lowest BCUT2D eigenvalue weighted by Crippen LogP contribution is -2.62. The van der Waals surface area contributed by atoms with Crippen LogP contribution in [0.4, 0.5) is 0 Å². The highest BCUT2D eigenvalue weighted by molar-refractivity contribution is 5.74. The molecule has 0 saturated carbocycles. The Labute approximate surface area is 354 Å². The summed E-state index contributed by atoms with van der Waals surface area (Å²) >= 11 is 0. The Hall–Kier alpha value is -1.78. The monoisotopic (exact) mass is 888 g/mol. The third kappa shape index (κ3) is 13.2. The van der Waals surface area contributed by atoms with Crippen LogP contribution in [0.15, 0.2) is 0 Å². The molecular weight excluding hydrogens is 820 g/mol. The van der Waals surface area contributed by atoms with Gasteiger partial charge in [-0.3, -0.25) is 4.79 Å². The number of hydrogen-bond acceptors (Lipinski definition) is 22. The lowest BCUT2D eigenvalue weighted by molar-refractivity contribution is -0.263. The van der Waals surface area contributed by atoms with Gasteiger partial charge in [-0.05, 0) is 27.2 Å². The van der Waals surface area contributed by atoms with Gasteiger partial charge >= 0.3 is 11.9 Å². The second-order valence-electron chi connectivity index (χ2n) is 16.1. The molecule has 0 bridgehead atoms. The Balaban J connectivity index is 1.28. The van der Waals surface area contributed by atoms with E-state index in [4.69, 9.17) is 47.4 Å². The molecule has 4 aliphatic heterocycles. The zero-order chi connectivity index (χ0) is 45.1. The van der Waals surface area contributed by atoms with Gasteiger partial charge in [0, 0.05) is 31.3 Å². The summed E-state index contributed by atoms with van der Waals surface area (Å²) in [5.41, 5.74) is 0. The maximum Gasteiger partial charge on any atom is 0.337 e. The van der Waals surface area contributed by atoms with E-state index in [1.807, 2.05) is 6.92 Å². The highest BCUT2D eigenvalue weighted by Crippen LogP contribution is 2.32. The van der Waals surface area contributed by atoms with Gasteiger partial charge in [0.15, 0.2) is 12.2 Å². The smallest absolute Gasteiger partial charge is 0.337 e. The van der Waals surface area contributed by atoms with Crippen LogP contribution in [0.3, 0.4) is 0 Å². The van der Waals surface area contributed by atoms with Crippen molar-refractivity contribution in [3.63, 3.8) is 0 Å². The zero-order valence-electron chi connectivity index (χ0n) is 35.3. The van der Waals surface area contributed by atoms with Crippen molar-refractivity contribution >= 4 is 11.9 Å². The molecule has 61 heavy (non-hydrogen) atoms. The van der Waals surface area contributed by atoms with Crippen molar-refractivity contribution in [2.24, 2.45) is 17.8 Å². The van der Waals surface area contributed by atoms with Crippen LogP contribution in [0, 0.1) is 17.8 Å². The molecular formula is C39H68O22. The Morgan fingerprint density at radius 3 is 1.52 bits per heavy atom. The second-order valence-corrected chi connectivity index (χ2v) is 16.1. The molecule has 4 fully saturated rings. The first kappa shape index (κ1) is 51.9. The molecule has 0 radical (unpaired) electrons. The minimum absolute atomic E-state index is 0.0282. The number of rotatable bonds is 21. The van der Waals surface area contributed by atoms with E-state index in [0.29, 0.717) is 6.42 Å². The van der Waals surface area contributed by atoms with Crippen LogP contribution in [-0.2, 0) is 57.0 Å². The van der Waals surface area contributed by atoms with Crippen LogP contribution in [0.2, 0.25) is 0 Å². The number of ether oxygens (including phenoxy) is 10. The van der Waals surface area contributed by atoms with Crippen LogP contribution >= 0.6 is 0 Å². The molecule has 4 aliphatic rings. The molecule has 22 heteroatoms. The van der Waals surface area contributed by atoms with Gasteiger partial charge in [-0.1, -0.05) is 6.92 Å². The maximum absolute atomic E-state index is 12.5. The number of aliphatic hydroxyl groups excluding tert-OH is 10. The molecule has 22 nitrogen and oxygen atoms in total. The fourth-order valence-electron chi connectivity index (χ4n) is 8.23. The first-order valence-electron chi connectivity index (χ1n) is 21.0. The average Bonchev–Trinajstić information content (AvgIpc) is 3.23. The van der Waals surface area contributed by atoms with Gasteiger partial charge in [0.25, 0.3) is 0 Å². The van der Waals surface area contributed by atoms with Crippen molar-refractivity contribution in [1.82, 2.24) is 0 Å². The number of esters is 2. The summed E-state index contributed by atoms with van der Waals surface area (Å²) in [7, 11) is 0. The van der Waals surface area contributed by atoms with E-state index in [1.165, 1.54) is 6.92 Å². The zero-order valence-corrected chi connectivity index (χ0v) is 35.3. The van der Waals surface area contributed by atoms with Gasteiger partial charge in [0.1, 0.15) is 61.5 Å². The first-order chi connectivity index (χ1) is 29.0. The van der Waals surface area contributed by atoms with Crippen molar-refractivity contribution in [2.45, 2.75) is 151 Å². The highest BCUT2D eigenvalue weighted by Gasteiger charge is 2.50. The van der Waals surface area contributed by atoms with Gasteiger partial charge in [-0.15, -0.1) is 0 Å². The Morgan fingerprint density at radius 1 is 0.557 bits per heavy atom. The van der Waals surface area contributed by atoms with Crippen molar-refractivity contribution < 1.29 is 108 Å². The van der Waals surface area contributed by atoms with Crippen molar-refractivity contribution in [2.75, 3.05) is 66.1 Å². The third-order valence-corrected chi connectivity index (χ3v) is 11.9. The number of carbonyl (C=O) groups excluding carboxylic acids is 2. The predicted molar refractivity (Wildman–Crippen MR) is 203 cm³/mol. The minimum atomic E-state index is -1.89. The van der Waals surface area contributed by atoms with E-state index in [1.54, 1.807) is 20.8 Å². The standard InChI is InChI=1S/C39H68O22/c1-6-24-33(47)30(44)20(17(3)57-24)10-52-14-27-35(49)32(46)22(25(9-41)59-27)12-54-13-26-34(48)31(45)21(18(4)58-26)11-53-15-29-37(61-39(51)23(43)8-40)38(55-7-2)36(50)28(60-29)16-56-19(5)42/h17-18,20-38,40-41,43-50H,6-16H2,1-5H3. The second kappa shape index (κ2) is 24.5. The topological polar surface area (TPSA) is 329 Å². The molecule has 0 aromatic carbocycles. The third-order valence-electron chi connectivity index (χ3n) is 11.9. The number of hydrogen-bond donors (Lipinski definition) is 10. The van der Waals surface area contributed by atoms with Crippen LogP contribution in [-0.4, -0.2) is 239 Å². The van der Waals surface area contributed by atoms with E-state index < -0.39 is 153 Å². The summed E-state index contributed by atoms with van der Waals surface area (Å²) in [4.78, 5) is 24.0. The van der Waals surface area contributed by atoms with Crippen LogP contribution in [0.1, 0.15) is 41.0 Å². The average molecular weight is 889 g/mol. The Morgan fingerprint density at radius 2 is 1.02 bits per heavy atom. The molecule has 4 heterocycles. The quantitative estimate of drug-likeness (QED) is 0.0483. The molecule has 4 rings (SSSR count). The molecule has 356 valence electrons. The molecule has 0 aromatic heterocycles. The van der Waals surface area contributed by atoms with Gasteiger partial charge < -0.3 is 98.4 Å². The molecule has 0 aliphatic carbocycles. The Kier molecular flexibility index (Phi) is 20.8. The van der Waals surface area contributed by atoms with Gasteiger partial charge in [0.2, 0.25) is 0 Å². The SMILES string of the molecule is CCOC1C(O)C(COC(C)=O)OC(COCC2C(C)OC(COCC3C(CO)OC(COCC4C(C)OC(CC)C(O)C4O)C(O)C3O)C(O)C2O)C1OC(=O)C(O)CO. The van der Waals surface area contributed by atoms with Gasteiger partial charge in [-0.2, -0.15) is 0 Å². The molecule has 0 spiro atoms. The molecule has 21 atom stereocenters. The fraction of sp³-hybridized carbons (Fsp3) is 0.949. The van der Waals surface area contributed by atoms with E-state index in [0.717, 1.165) is 0 Å². The summed E-state index contributed by atoms with van der Waals surface area (Å²) in [5, 5.41) is 105. The predicted octanol–water partition coefficient (Wildman–Crippen LogP) is -4.84. The molecule has 4 saturated heterocycles. The summed E-state index contributed by atoms with van der Waals surface area (Å²) in [5.74, 6) is -4.14. The molecule has 21 unspecified atom stereocenters. The molecule has 0 aromatic rings. The van der Waals surface area contributed by atoms with Gasteiger partial charge in [0.05, 0.1) is 95.6 Å². The van der Waals surface area contributed by atoms with Crippen LogP contribution in [0.25, 0.3) is 0 Å². The molecule has 0 amide bonds. The van der Waals surface area contributed by atoms with Crippen LogP contribution in [0.5, 0.6) is 0 Å². The fourth-order valence-corrected chi connectivity index (χ4v) is 8.23. The summed E-state index contributed by atoms with van der Waals surface area (Å²) in [6, 6.07) is 0. The first-order valence-corrected chi connectivity index (χ1v) is 21.0. The summed E-state index contributed by atoms with van der Waals surface area (Å²) in [6.45, 7) is 4.96. The molecule has 10 N–H and O–H groups in total. The van der Waals surface area contributed by atoms with E-state index in [-0.39, 0.29) is 52.9 Å². The lowest BCUT2D eigenvalue weighted by Gasteiger charge is -2.45. The van der Waals surface area contributed by atoms with E-state index >= 15 is 0 Å². The lowest BCUT2D eigenvalue weighted by atomic mass is 9.86. The highest BCUT2D eigenvalue weighted by atomic mass is 16.6. The normalized spacial score (nSPS) is 42.5. The van der Waals surface area contributed by atoms with Gasteiger partial charge in [-0.25, -0.2) is 4.79 Å². The minimum Gasteiger partial charge on any atom is -0.463 e. The van der Waals surface area contributed by atoms with Crippen molar-refractivity contribution in [3.8, 4) is 0 Å². The number of aliphatic hydroxyl groups is 10. The van der Waals surface area contributed by atoms with Crippen molar-refractivity contribution in [3.05, 3.63) is 0 Å². The van der Waals surface area contributed by atoms with Crippen LogP contribution < -0.4 is 0 Å². The summed E-state index contributed by atoms with van der Waals surface area (Å²) in [6.07, 6.45) is -20.4. The summed E-state index contributed by atoms with van der Waals surface area (Å²) < 4.78 is 57.1. The van der Waals surface area contributed by atoms with E-state index in [2.05, 4.69) is 0 Å². The van der Waals surface area contributed by atoms with E-state index in [9.17, 15) is 60.7 Å².